The SMILES string of the molecule is CCC1CCCCN1c1cc(C)nc(N2CCN(c3ccccn3)CC2)n1. The molecule has 6 nitrogen and oxygen atoms in total. The highest BCUT2D eigenvalue weighted by Gasteiger charge is 2.25. The van der Waals surface area contributed by atoms with E-state index in [9.17, 15) is 0 Å². The van der Waals surface area contributed by atoms with Gasteiger partial charge in [-0.05, 0) is 44.7 Å². The van der Waals surface area contributed by atoms with Gasteiger partial charge in [0, 0.05) is 56.7 Å². The van der Waals surface area contributed by atoms with E-state index in [1.54, 1.807) is 0 Å². The predicted molar refractivity (Wildman–Crippen MR) is 111 cm³/mol. The third-order valence-electron chi connectivity index (χ3n) is 5.76. The van der Waals surface area contributed by atoms with Crippen molar-refractivity contribution < 1.29 is 0 Å². The second-order valence-corrected chi connectivity index (χ2v) is 7.58. The molecular formula is C21H30N6. The molecule has 2 aliphatic heterocycles. The van der Waals surface area contributed by atoms with Gasteiger partial charge in [-0.3, -0.25) is 0 Å². The van der Waals surface area contributed by atoms with E-state index in [4.69, 9.17) is 9.97 Å². The van der Waals surface area contributed by atoms with Crippen molar-refractivity contribution in [3.05, 3.63) is 36.2 Å². The van der Waals surface area contributed by atoms with Crippen LogP contribution in [0.25, 0.3) is 0 Å². The molecule has 144 valence electrons. The molecule has 0 N–H and O–H groups in total. The van der Waals surface area contributed by atoms with E-state index in [2.05, 4.69) is 45.7 Å². The topological polar surface area (TPSA) is 48.4 Å². The van der Waals surface area contributed by atoms with E-state index in [0.717, 1.165) is 56.0 Å². The van der Waals surface area contributed by atoms with Gasteiger partial charge in [0.2, 0.25) is 5.95 Å². The summed E-state index contributed by atoms with van der Waals surface area (Å²) in [5.74, 6) is 3.05. The molecule has 2 aromatic heterocycles. The summed E-state index contributed by atoms with van der Waals surface area (Å²) in [6, 6.07) is 8.86. The van der Waals surface area contributed by atoms with Gasteiger partial charge in [-0.25, -0.2) is 9.97 Å². The maximum Gasteiger partial charge on any atom is 0.227 e. The number of nitrogens with zero attached hydrogens (tertiary/aromatic N) is 6. The van der Waals surface area contributed by atoms with Crippen molar-refractivity contribution in [3.8, 4) is 0 Å². The van der Waals surface area contributed by atoms with E-state index >= 15 is 0 Å². The van der Waals surface area contributed by atoms with Crippen LogP contribution in [0.2, 0.25) is 0 Å². The van der Waals surface area contributed by atoms with Crippen LogP contribution in [0, 0.1) is 6.92 Å². The first-order chi connectivity index (χ1) is 13.2. The van der Waals surface area contributed by atoms with Crippen LogP contribution in [0.1, 0.15) is 38.3 Å². The van der Waals surface area contributed by atoms with Crippen LogP contribution in [0.4, 0.5) is 17.6 Å². The van der Waals surface area contributed by atoms with Gasteiger partial charge in [0.1, 0.15) is 11.6 Å². The van der Waals surface area contributed by atoms with Crippen molar-refractivity contribution in [3.63, 3.8) is 0 Å². The Bertz CT molecular complexity index is 742. The molecule has 0 radical (unpaired) electrons. The van der Waals surface area contributed by atoms with Crippen molar-refractivity contribution in [1.29, 1.82) is 0 Å². The maximum absolute atomic E-state index is 4.98. The Morgan fingerprint density at radius 3 is 2.52 bits per heavy atom. The van der Waals surface area contributed by atoms with Gasteiger partial charge in [-0.2, -0.15) is 4.98 Å². The van der Waals surface area contributed by atoms with Gasteiger partial charge < -0.3 is 14.7 Å². The molecule has 0 aromatic carbocycles. The van der Waals surface area contributed by atoms with Crippen LogP contribution in [-0.2, 0) is 0 Å². The van der Waals surface area contributed by atoms with Gasteiger partial charge in [0.15, 0.2) is 0 Å². The van der Waals surface area contributed by atoms with E-state index in [1.165, 1.54) is 25.7 Å². The fourth-order valence-corrected chi connectivity index (χ4v) is 4.23. The molecule has 2 fully saturated rings. The summed E-state index contributed by atoms with van der Waals surface area (Å²) in [6.07, 6.45) is 6.91. The molecule has 2 aromatic rings. The minimum Gasteiger partial charge on any atom is -0.353 e. The lowest BCUT2D eigenvalue weighted by Crippen LogP contribution is -2.47. The van der Waals surface area contributed by atoms with Crippen LogP contribution in [0.15, 0.2) is 30.5 Å². The minimum absolute atomic E-state index is 0.613. The average Bonchev–Trinajstić information content (AvgIpc) is 2.74. The molecule has 2 aliphatic rings. The van der Waals surface area contributed by atoms with Crippen molar-refractivity contribution in [2.45, 2.75) is 45.6 Å². The second kappa shape index (κ2) is 8.11. The van der Waals surface area contributed by atoms with Crippen molar-refractivity contribution >= 4 is 17.6 Å². The first kappa shape index (κ1) is 18.0. The molecule has 0 bridgehead atoms. The first-order valence-corrected chi connectivity index (χ1v) is 10.3. The summed E-state index contributed by atoms with van der Waals surface area (Å²) in [7, 11) is 0. The summed E-state index contributed by atoms with van der Waals surface area (Å²) in [4.78, 5) is 21.4. The summed E-state index contributed by atoms with van der Waals surface area (Å²) in [6.45, 7) is 9.24. The predicted octanol–water partition coefficient (Wildman–Crippen LogP) is 3.28. The largest absolute Gasteiger partial charge is 0.353 e. The maximum atomic E-state index is 4.98. The molecule has 4 heterocycles. The van der Waals surface area contributed by atoms with Gasteiger partial charge in [0.05, 0.1) is 0 Å². The Kier molecular flexibility index (Phi) is 5.41. The van der Waals surface area contributed by atoms with E-state index in [0.29, 0.717) is 6.04 Å². The molecular weight excluding hydrogens is 336 g/mol. The third-order valence-corrected chi connectivity index (χ3v) is 5.76. The number of hydrogen-bond acceptors (Lipinski definition) is 6. The fraction of sp³-hybridized carbons (Fsp3) is 0.571. The van der Waals surface area contributed by atoms with Crippen LogP contribution < -0.4 is 14.7 Å². The summed E-state index contributed by atoms with van der Waals surface area (Å²) >= 11 is 0. The first-order valence-electron chi connectivity index (χ1n) is 10.3. The monoisotopic (exact) mass is 366 g/mol. The van der Waals surface area contributed by atoms with Crippen molar-refractivity contribution in [1.82, 2.24) is 15.0 Å². The van der Waals surface area contributed by atoms with Crippen LogP contribution in [-0.4, -0.2) is 53.7 Å². The fourth-order valence-electron chi connectivity index (χ4n) is 4.23. The molecule has 0 spiro atoms. The Hall–Kier alpha value is -2.37. The highest BCUT2D eigenvalue weighted by Crippen LogP contribution is 2.27. The number of piperidine rings is 1. The number of hydrogen-bond donors (Lipinski definition) is 0. The highest BCUT2D eigenvalue weighted by atomic mass is 15.3. The standard InChI is InChI=1S/C21H30N6/c1-3-18-8-5-7-11-27(18)20-16-17(2)23-21(24-20)26-14-12-25(13-15-26)19-9-4-6-10-22-19/h4,6,9-10,16,18H,3,5,7-8,11-15H2,1-2H3. The quantitative estimate of drug-likeness (QED) is 0.828. The van der Waals surface area contributed by atoms with Gasteiger partial charge >= 0.3 is 0 Å². The number of aryl methyl sites for hydroxylation is 1. The van der Waals surface area contributed by atoms with Crippen molar-refractivity contribution in [2.24, 2.45) is 0 Å². The van der Waals surface area contributed by atoms with Gasteiger partial charge in [-0.15, -0.1) is 0 Å². The number of pyridine rings is 1. The summed E-state index contributed by atoms with van der Waals surface area (Å²) in [5, 5.41) is 0. The Balaban J connectivity index is 1.49. The third kappa shape index (κ3) is 3.99. The van der Waals surface area contributed by atoms with E-state index < -0.39 is 0 Å². The number of aromatic nitrogens is 3. The number of rotatable bonds is 4. The Labute approximate surface area is 162 Å². The smallest absolute Gasteiger partial charge is 0.227 e. The lowest BCUT2D eigenvalue weighted by molar-refractivity contribution is 0.446. The molecule has 0 aliphatic carbocycles. The molecule has 2 saturated heterocycles. The molecule has 4 rings (SSSR count). The normalized spacial score (nSPS) is 20.8. The molecule has 1 unspecified atom stereocenters. The van der Waals surface area contributed by atoms with Crippen LogP contribution in [0.5, 0.6) is 0 Å². The van der Waals surface area contributed by atoms with E-state index in [-0.39, 0.29) is 0 Å². The Morgan fingerprint density at radius 1 is 0.963 bits per heavy atom. The average molecular weight is 367 g/mol. The summed E-state index contributed by atoms with van der Waals surface area (Å²) in [5.41, 5.74) is 1.06. The van der Waals surface area contributed by atoms with Crippen molar-refractivity contribution in [2.75, 3.05) is 47.4 Å². The zero-order valence-corrected chi connectivity index (χ0v) is 16.5. The number of anilines is 3. The van der Waals surface area contributed by atoms with Gasteiger partial charge in [-0.1, -0.05) is 13.0 Å². The molecule has 27 heavy (non-hydrogen) atoms. The Morgan fingerprint density at radius 2 is 1.78 bits per heavy atom. The number of piperazine rings is 1. The molecule has 1 atom stereocenters. The molecule has 0 amide bonds. The second-order valence-electron chi connectivity index (χ2n) is 7.58. The molecule has 0 saturated carbocycles. The zero-order chi connectivity index (χ0) is 18.6. The minimum atomic E-state index is 0.613. The zero-order valence-electron chi connectivity index (χ0n) is 16.5. The van der Waals surface area contributed by atoms with Crippen LogP contribution >= 0.6 is 0 Å². The highest BCUT2D eigenvalue weighted by molar-refractivity contribution is 5.48. The summed E-state index contributed by atoms with van der Waals surface area (Å²) < 4.78 is 0. The lowest BCUT2D eigenvalue weighted by Gasteiger charge is -2.38. The van der Waals surface area contributed by atoms with Crippen LogP contribution in [0.3, 0.4) is 0 Å². The molecule has 6 heteroatoms. The van der Waals surface area contributed by atoms with E-state index in [1.807, 2.05) is 18.3 Å². The van der Waals surface area contributed by atoms with Gasteiger partial charge in [0.25, 0.3) is 0 Å². The lowest BCUT2D eigenvalue weighted by atomic mass is 10.00.